The number of sulfone groups is 1. The second kappa shape index (κ2) is 7.58. The van der Waals surface area contributed by atoms with Gasteiger partial charge in [0.25, 0.3) is 0 Å². The number of pyridine rings is 1. The molecule has 1 spiro atoms. The van der Waals surface area contributed by atoms with Gasteiger partial charge in [-0.25, -0.2) is 8.42 Å². The third-order valence-electron chi connectivity index (χ3n) is 6.45. The number of hydrogen-bond donors (Lipinski definition) is 0. The van der Waals surface area contributed by atoms with E-state index in [1.165, 1.54) is 6.20 Å². The van der Waals surface area contributed by atoms with Gasteiger partial charge in [-0.3, -0.25) is 4.98 Å². The second-order valence-electron chi connectivity index (χ2n) is 8.33. The van der Waals surface area contributed by atoms with E-state index in [0.717, 1.165) is 27.7 Å². The number of benzene rings is 2. The van der Waals surface area contributed by atoms with Crippen molar-refractivity contribution in [3.8, 4) is 0 Å². The van der Waals surface area contributed by atoms with Gasteiger partial charge in [0, 0.05) is 37.5 Å². The lowest BCUT2D eigenvalue weighted by Crippen LogP contribution is -2.45. The Hall–Kier alpha value is -2.48. The molecule has 2 aliphatic heterocycles. The minimum absolute atomic E-state index is 0.249. The van der Waals surface area contributed by atoms with Crippen LogP contribution in [-0.2, 0) is 19.3 Å². The molecule has 6 nitrogen and oxygen atoms in total. The van der Waals surface area contributed by atoms with Gasteiger partial charge in [-0.15, -0.1) is 0 Å². The van der Waals surface area contributed by atoms with E-state index < -0.39 is 15.6 Å². The monoisotopic (exact) mass is 438 g/mol. The lowest BCUT2D eigenvalue weighted by molar-refractivity contribution is -0.169. The number of ether oxygens (including phenoxy) is 2. The van der Waals surface area contributed by atoms with Crippen molar-refractivity contribution in [3.05, 3.63) is 59.8 Å². The predicted molar refractivity (Wildman–Crippen MR) is 119 cm³/mol. The maximum absolute atomic E-state index is 13.7. The van der Waals surface area contributed by atoms with Crippen molar-refractivity contribution in [2.45, 2.75) is 42.3 Å². The van der Waals surface area contributed by atoms with E-state index >= 15 is 0 Å². The summed E-state index contributed by atoms with van der Waals surface area (Å²) in [6.07, 6.45) is 2.91. The summed E-state index contributed by atoms with van der Waals surface area (Å²) in [5.41, 5.74) is 3.52. The summed E-state index contributed by atoms with van der Waals surface area (Å²) < 4.78 is 39.2. The molecule has 0 saturated carbocycles. The molecule has 3 aromatic rings. The second-order valence-corrected chi connectivity index (χ2v) is 10.3. The maximum atomic E-state index is 13.7. The number of nitrogens with zero attached hydrogens (tertiary/aromatic N) is 2. The van der Waals surface area contributed by atoms with E-state index in [0.29, 0.717) is 44.0 Å². The third-order valence-corrected chi connectivity index (χ3v) is 8.20. The molecule has 0 N–H and O–H groups in total. The van der Waals surface area contributed by atoms with E-state index in [4.69, 9.17) is 9.47 Å². The molecule has 0 atom stereocenters. The third kappa shape index (κ3) is 3.50. The first-order valence-electron chi connectivity index (χ1n) is 10.6. The summed E-state index contributed by atoms with van der Waals surface area (Å²) in [7, 11) is -3.74. The van der Waals surface area contributed by atoms with Crippen LogP contribution in [0.15, 0.2) is 58.5 Å². The van der Waals surface area contributed by atoms with Crippen LogP contribution in [0, 0.1) is 13.8 Å². The highest BCUT2D eigenvalue weighted by atomic mass is 32.2. The minimum atomic E-state index is -3.74. The van der Waals surface area contributed by atoms with E-state index in [-0.39, 0.29) is 4.90 Å². The topological polar surface area (TPSA) is 68.7 Å². The average Bonchev–Trinajstić information content (AvgIpc) is 3.23. The van der Waals surface area contributed by atoms with Gasteiger partial charge in [-0.1, -0.05) is 24.3 Å². The lowest BCUT2D eigenvalue weighted by atomic mass is 10.0. The highest BCUT2D eigenvalue weighted by Crippen LogP contribution is 2.40. The fourth-order valence-electron chi connectivity index (χ4n) is 4.50. The van der Waals surface area contributed by atoms with Crippen molar-refractivity contribution < 1.29 is 17.9 Å². The summed E-state index contributed by atoms with van der Waals surface area (Å²) >= 11 is 0. The standard InChI is InChI=1S/C24H26N2O4S/c1-17-7-8-19(15-18(17)2)31(27,28)22-16-25-21-6-4-3-5-20(21)23(22)26-11-9-24(10-12-26)29-13-14-30-24/h3-8,15-16H,9-14H2,1-2H3. The number of anilines is 1. The smallest absolute Gasteiger partial charge is 0.210 e. The van der Waals surface area contributed by atoms with Crippen molar-refractivity contribution >= 4 is 26.4 Å². The molecule has 0 bridgehead atoms. The normalized spacial score (nSPS) is 18.7. The van der Waals surface area contributed by atoms with Gasteiger partial charge in [-0.05, 0) is 43.2 Å². The first-order chi connectivity index (χ1) is 14.9. The molecule has 0 radical (unpaired) electrons. The predicted octanol–water partition coefficient (Wildman–Crippen LogP) is 4.03. The Labute approximate surface area is 182 Å². The fraction of sp³-hybridized carbons (Fsp3) is 0.375. The van der Waals surface area contributed by atoms with Crippen LogP contribution < -0.4 is 4.90 Å². The van der Waals surface area contributed by atoms with Crippen LogP contribution in [0.5, 0.6) is 0 Å². The molecule has 2 aromatic carbocycles. The SMILES string of the molecule is Cc1ccc(S(=O)(=O)c2cnc3ccccc3c2N2CCC3(CC2)OCCO3)cc1C. The molecule has 0 aliphatic carbocycles. The molecule has 7 heteroatoms. The van der Waals surface area contributed by atoms with Gasteiger partial charge in [0.2, 0.25) is 9.84 Å². The molecule has 0 amide bonds. The van der Waals surface area contributed by atoms with E-state index in [1.807, 2.05) is 44.2 Å². The Balaban J connectivity index is 1.63. The first-order valence-corrected chi connectivity index (χ1v) is 12.1. The van der Waals surface area contributed by atoms with Crippen LogP contribution >= 0.6 is 0 Å². The molecule has 31 heavy (non-hydrogen) atoms. The van der Waals surface area contributed by atoms with Gasteiger partial charge < -0.3 is 14.4 Å². The largest absolute Gasteiger partial charge is 0.369 e. The molecule has 2 fully saturated rings. The zero-order chi connectivity index (χ0) is 21.6. The van der Waals surface area contributed by atoms with Crippen LogP contribution in [0.3, 0.4) is 0 Å². The first kappa shape index (κ1) is 20.4. The zero-order valence-electron chi connectivity index (χ0n) is 17.8. The number of para-hydroxylation sites is 1. The molecular formula is C24H26N2O4S. The minimum Gasteiger partial charge on any atom is -0.369 e. The lowest BCUT2D eigenvalue weighted by Gasteiger charge is -2.39. The molecule has 1 aromatic heterocycles. The molecule has 5 rings (SSSR count). The number of piperidine rings is 1. The number of rotatable bonds is 3. The zero-order valence-corrected chi connectivity index (χ0v) is 18.6. The van der Waals surface area contributed by atoms with E-state index in [2.05, 4.69) is 9.88 Å². The highest BCUT2D eigenvalue weighted by molar-refractivity contribution is 7.91. The van der Waals surface area contributed by atoms with Crippen LogP contribution in [0.25, 0.3) is 10.9 Å². The number of aryl methyl sites for hydroxylation is 2. The van der Waals surface area contributed by atoms with E-state index in [9.17, 15) is 8.42 Å². The van der Waals surface area contributed by atoms with Crippen molar-refractivity contribution in [3.63, 3.8) is 0 Å². The number of fused-ring (bicyclic) bond motifs is 1. The molecule has 2 saturated heterocycles. The van der Waals surface area contributed by atoms with Gasteiger partial charge in [0.15, 0.2) is 5.79 Å². The number of aromatic nitrogens is 1. The molecule has 3 heterocycles. The van der Waals surface area contributed by atoms with Gasteiger partial charge in [-0.2, -0.15) is 0 Å². The van der Waals surface area contributed by atoms with Crippen molar-refractivity contribution in [1.29, 1.82) is 0 Å². The molecule has 2 aliphatic rings. The summed E-state index contributed by atoms with van der Waals surface area (Å²) in [6.45, 7) is 6.45. The Kier molecular flexibility index (Phi) is 5.00. The summed E-state index contributed by atoms with van der Waals surface area (Å²) in [6, 6.07) is 13.0. The summed E-state index contributed by atoms with van der Waals surface area (Å²) in [4.78, 5) is 7.18. The van der Waals surface area contributed by atoms with Crippen LogP contribution in [0.2, 0.25) is 0 Å². The molecular weight excluding hydrogens is 412 g/mol. The summed E-state index contributed by atoms with van der Waals surface area (Å²) in [5.74, 6) is -0.521. The van der Waals surface area contributed by atoms with E-state index in [1.54, 1.807) is 12.1 Å². The average molecular weight is 439 g/mol. The fourth-order valence-corrected chi connectivity index (χ4v) is 6.01. The van der Waals surface area contributed by atoms with Gasteiger partial charge in [0.1, 0.15) is 4.90 Å². The Morgan fingerprint density at radius 1 is 0.968 bits per heavy atom. The Morgan fingerprint density at radius 3 is 2.39 bits per heavy atom. The van der Waals surface area contributed by atoms with Gasteiger partial charge in [0.05, 0.1) is 29.3 Å². The Morgan fingerprint density at radius 2 is 1.68 bits per heavy atom. The van der Waals surface area contributed by atoms with Crippen LogP contribution in [0.1, 0.15) is 24.0 Å². The van der Waals surface area contributed by atoms with Crippen LogP contribution in [0.4, 0.5) is 5.69 Å². The quantitative estimate of drug-likeness (QED) is 0.615. The van der Waals surface area contributed by atoms with Crippen molar-refractivity contribution in [2.75, 3.05) is 31.2 Å². The molecule has 0 unspecified atom stereocenters. The van der Waals surface area contributed by atoms with Gasteiger partial charge >= 0.3 is 0 Å². The molecule has 162 valence electrons. The van der Waals surface area contributed by atoms with Crippen molar-refractivity contribution in [2.24, 2.45) is 0 Å². The van der Waals surface area contributed by atoms with Crippen LogP contribution in [-0.4, -0.2) is 45.5 Å². The summed E-state index contributed by atoms with van der Waals surface area (Å²) in [5, 5.41) is 0.844. The van der Waals surface area contributed by atoms with Crippen molar-refractivity contribution in [1.82, 2.24) is 4.98 Å². The highest BCUT2D eigenvalue weighted by Gasteiger charge is 2.41. The number of hydrogen-bond acceptors (Lipinski definition) is 6. The Bertz CT molecular complexity index is 1240. The maximum Gasteiger partial charge on any atom is 0.210 e.